The average Bonchev–Trinajstić information content (AvgIpc) is 2.55. The average molecular weight is 342 g/mol. The third kappa shape index (κ3) is 5.59. The van der Waals surface area contributed by atoms with E-state index in [2.05, 4.69) is 4.90 Å². The molecule has 128 valence electrons. The molecule has 0 aliphatic carbocycles. The van der Waals surface area contributed by atoms with Gasteiger partial charge < -0.3 is 14.6 Å². The maximum absolute atomic E-state index is 10.7. The van der Waals surface area contributed by atoms with Gasteiger partial charge in [-0.15, -0.1) is 0 Å². The second-order valence-electron chi connectivity index (χ2n) is 5.75. The molecule has 0 unspecified atom stereocenters. The zero-order chi connectivity index (χ0) is 16.7. The number of rotatable bonds is 8. The number of carboxylic acids is 1. The van der Waals surface area contributed by atoms with E-state index in [-0.39, 0.29) is 6.42 Å². The molecule has 1 aromatic carbocycles. The van der Waals surface area contributed by atoms with Crippen molar-refractivity contribution in [3.8, 4) is 11.5 Å². The van der Waals surface area contributed by atoms with Gasteiger partial charge in [-0.3, -0.25) is 9.69 Å². The summed E-state index contributed by atoms with van der Waals surface area (Å²) in [7, 11) is 1.56. The minimum absolute atomic E-state index is 0.0641. The van der Waals surface area contributed by atoms with Crippen molar-refractivity contribution < 1.29 is 19.4 Å². The Morgan fingerprint density at radius 2 is 2.04 bits per heavy atom. The molecule has 0 saturated carbocycles. The summed E-state index contributed by atoms with van der Waals surface area (Å²) >= 11 is 6.28. The van der Waals surface area contributed by atoms with Gasteiger partial charge in [0.2, 0.25) is 0 Å². The fourth-order valence-electron chi connectivity index (χ4n) is 2.77. The first-order valence-corrected chi connectivity index (χ1v) is 8.41. The number of hydrogen-bond donors (Lipinski definition) is 1. The predicted octanol–water partition coefficient (Wildman–Crippen LogP) is 3.23. The molecule has 1 aliphatic heterocycles. The molecule has 0 spiro atoms. The molecule has 1 aromatic rings. The number of carbonyl (C=O) groups is 1. The summed E-state index contributed by atoms with van der Waals surface area (Å²) in [4.78, 5) is 13.1. The van der Waals surface area contributed by atoms with Crippen LogP contribution in [0.25, 0.3) is 0 Å². The summed E-state index contributed by atoms with van der Waals surface area (Å²) in [6.07, 6.45) is 4.30. The summed E-state index contributed by atoms with van der Waals surface area (Å²) in [5, 5.41) is 9.23. The molecule has 1 saturated heterocycles. The van der Waals surface area contributed by atoms with Gasteiger partial charge in [-0.25, -0.2) is 0 Å². The fourth-order valence-corrected chi connectivity index (χ4v) is 3.06. The largest absolute Gasteiger partial charge is 0.493 e. The van der Waals surface area contributed by atoms with E-state index in [1.807, 2.05) is 0 Å². The van der Waals surface area contributed by atoms with E-state index in [4.69, 9.17) is 26.2 Å². The lowest BCUT2D eigenvalue weighted by atomic mass is 10.1. The topological polar surface area (TPSA) is 59.0 Å². The molecule has 2 rings (SSSR count). The minimum Gasteiger partial charge on any atom is -0.493 e. The molecule has 1 N–H and O–H groups in total. The molecule has 1 aliphatic rings. The lowest BCUT2D eigenvalue weighted by molar-refractivity contribution is -0.136. The van der Waals surface area contributed by atoms with Gasteiger partial charge >= 0.3 is 5.97 Å². The van der Waals surface area contributed by atoms with Crippen molar-refractivity contribution in [3.63, 3.8) is 0 Å². The Morgan fingerprint density at radius 1 is 1.30 bits per heavy atom. The van der Waals surface area contributed by atoms with Gasteiger partial charge in [0.15, 0.2) is 11.5 Å². The number of halogens is 1. The first-order chi connectivity index (χ1) is 11.1. The van der Waals surface area contributed by atoms with Crippen LogP contribution in [0, 0.1) is 0 Å². The molecular formula is C17H24ClNO4. The van der Waals surface area contributed by atoms with Crippen molar-refractivity contribution in [1.29, 1.82) is 0 Å². The Labute approximate surface area is 142 Å². The van der Waals surface area contributed by atoms with E-state index >= 15 is 0 Å². The van der Waals surface area contributed by atoms with E-state index < -0.39 is 5.97 Å². The van der Waals surface area contributed by atoms with Gasteiger partial charge in [0.1, 0.15) is 6.61 Å². The summed E-state index contributed by atoms with van der Waals surface area (Å²) in [5.41, 5.74) is 0.831. The van der Waals surface area contributed by atoms with E-state index in [0.29, 0.717) is 29.5 Å². The van der Waals surface area contributed by atoms with Crippen LogP contribution in [0.5, 0.6) is 11.5 Å². The number of ether oxygens (including phenoxy) is 2. The van der Waals surface area contributed by atoms with E-state index in [1.54, 1.807) is 19.2 Å². The van der Waals surface area contributed by atoms with Gasteiger partial charge in [0.05, 0.1) is 12.1 Å². The van der Waals surface area contributed by atoms with Crippen molar-refractivity contribution in [2.75, 3.05) is 33.4 Å². The van der Waals surface area contributed by atoms with Crippen molar-refractivity contribution in [3.05, 3.63) is 22.7 Å². The second-order valence-corrected chi connectivity index (χ2v) is 6.16. The number of likely N-dealkylation sites (tertiary alicyclic amines) is 1. The predicted molar refractivity (Wildman–Crippen MR) is 89.7 cm³/mol. The molecule has 0 bridgehead atoms. The van der Waals surface area contributed by atoms with E-state index in [1.165, 1.54) is 19.3 Å². The third-order valence-corrected chi connectivity index (χ3v) is 4.30. The van der Waals surface area contributed by atoms with Crippen LogP contribution in [0.4, 0.5) is 0 Å². The molecule has 0 amide bonds. The summed E-state index contributed by atoms with van der Waals surface area (Å²) in [6.45, 7) is 3.69. The standard InChI is InChI=1S/C17H24ClNO4/c1-22-15-12-13(5-6-16(20)21)11-14(18)17(15)23-10-9-19-7-3-2-4-8-19/h11-12H,2-10H2,1H3,(H,20,21). The van der Waals surface area contributed by atoms with Crippen LogP contribution in [-0.2, 0) is 11.2 Å². The summed E-state index contributed by atoms with van der Waals surface area (Å²) in [6, 6.07) is 3.55. The smallest absolute Gasteiger partial charge is 0.303 e. The number of methoxy groups -OCH3 is 1. The number of carboxylic acid groups (broad SMARTS) is 1. The van der Waals surface area contributed by atoms with Crippen molar-refractivity contribution in [1.82, 2.24) is 4.90 Å². The third-order valence-electron chi connectivity index (χ3n) is 4.02. The van der Waals surface area contributed by atoms with Crippen LogP contribution in [0.2, 0.25) is 5.02 Å². The number of aryl methyl sites for hydroxylation is 1. The van der Waals surface area contributed by atoms with E-state index in [0.717, 1.165) is 25.2 Å². The molecule has 1 fully saturated rings. The Morgan fingerprint density at radius 3 is 2.70 bits per heavy atom. The lowest BCUT2D eigenvalue weighted by Gasteiger charge is -2.26. The fraction of sp³-hybridized carbons (Fsp3) is 0.588. The maximum Gasteiger partial charge on any atom is 0.303 e. The highest BCUT2D eigenvalue weighted by Gasteiger charge is 2.14. The van der Waals surface area contributed by atoms with Crippen LogP contribution in [-0.4, -0.2) is 49.3 Å². The Balaban J connectivity index is 1.95. The highest BCUT2D eigenvalue weighted by Crippen LogP contribution is 2.36. The molecule has 1 heterocycles. The first kappa shape index (κ1) is 17.9. The van der Waals surface area contributed by atoms with Crippen LogP contribution in [0.3, 0.4) is 0 Å². The van der Waals surface area contributed by atoms with Gasteiger partial charge in [-0.1, -0.05) is 18.0 Å². The number of piperidine rings is 1. The van der Waals surface area contributed by atoms with Crippen LogP contribution in [0.15, 0.2) is 12.1 Å². The number of nitrogens with zero attached hydrogens (tertiary/aromatic N) is 1. The number of benzene rings is 1. The number of aliphatic carboxylic acids is 1. The quantitative estimate of drug-likeness (QED) is 0.786. The normalized spacial score (nSPS) is 15.4. The SMILES string of the molecule is COc1cc(CCC(=O)O)cc(Cl)c1OCCN1CCCCC1. The van der Waals surface area contributed by atoms with Gasteiger partial charge in [-0.05, 0) is 50.0 Å². The van der Waals surface area contributed by atoms with Gasteiger partial charge in [0, 0.05) is 13.0 Å². The molecule has 0 aromatic heterocycles. The summed E-state index contributed by atoms with van der Waals surface area (Å²) in [5.74, 6) is 0.253. The Kier molecular flexibility index (Phi) is 6.99. The minimum atomic E-state index is -0.832. The summed E-state index contributed by atoms with van der Waals surface area (Å²) < 4.78 is 11.2. The molecular weight excluding hydrogens is 318 g/mol. The highest BCUT2D eigenvalue weighted by molar-refractivity contribution is 6.32. The Hall–Kier alpha value is -1.46. The number of hydrogen-bond acceptors (Lipinski definition) is 4. The first-order valence-electron chi connectivity index (χ1n) is 8.03. The monoisotopic (exact) mass is 341 g/mol. The zero-order valence-electron chi connectivity index (χ0n) is 13.5. The lowest BCUT2D eigenvalue weighted by Crippen LogP contribution is -2.33. The molecule has 0 radical (unpaired) electrons. The van der Waals surface area contributed by atoms with Crippen LogP contribution >= 0.6 is 11.6 Å². The van der Waals surface area contributed by atoms with Crippen LogP contribution < -0.4 is 9.47 Å². The van der Waals surface area contributed by atoms with Gasteiger partial charge in [0.25, 0.3) is 0 Å². The highest BCUT2D eigenvalue weighted by atomic mass is 35.5. The van der Waals surface area contributed by atoms with E-state index in [9.17, 15) is 4.79 Å². The van der Waals surface area contributed by atoms with Crippen LogP contribution in [0.1, 0.15) is 31.2 Å². The molecule has 6 heteroatoms. The Bertz CT molecular complexity index is 530. The molecule has 0 atom stereocenters. The van der Waals surface area contributed by atoms with Crippen molar-refractivity contribution in [2.45, 2.75) is 32.1 Å². The molecule has 5 nitrogen and oxygen atoms in total. The molecule has 23 heavy (non-hydrogen) atoms. The van der Waals surface area contributed by atoms with Gasteiger partial charge in [-0.2, -0.15) is 0 Å². The van der Waals surface area contributed by atoms with Crippen molar-refractivity contribution in [2.24, 2.45) is 0 Å². The maximum atomic E-state index is 10.7. The van der Waals surface area contributed by atoms with Crippen molar-refractivity contribution >= 4 is 17.6 Å². The zero-order valence-corrected chi connectivity index (χ0v) is 14.3. The second kappa shape index (κ2) is 8.99.